The fourth-order valence-corrected chi connectivity index (χ4v) is 2.94. The molecule has 2 rings (SSSR count). The van der Waals surface area contributed by atoms with Gasteiger partial charge in [-0.3, -0.25) is 0 Å². The number of hydrogen-bond donors (Lipinski definition) is 2. The fraction of sp³-hybridized carbons (Fsp3) is 0.625. The van der Waals surface area contributed by atoms with Crippen LogP contribution in [-0.2, 0) is 6.42 Å². The van der Waals surface area contributed by atoms with Gasteiger partial charge < -0.3 is 15.3 Å². The van der Waals surface area contributed by atoms with Crippen LogP contribution < -0.4 is 5.32 Å². The molecule has 1 aliphatic rings. The summed E-state index contributed by atoms with van der Waals surface area (Å²) in [6.07, 6.45) is 3.55. The zero-order valence-corrected chi connectivity index (χ0v) is 13.2. The number of likely N-dealkylation sites (N-methyl/N-ethyl adjacent to an activating group) is 1. The number of aliphatic hydroxyl groups excluding tert-OH is 1. The van der Waals surface area contributed by atoms with Crippen LogP contribution in [0.5, 0.6) is 0 Å². The molecule has 0 amide bonds. The average molecular weight is 297 g/mol. The predicted molar refractivity (Wildman–Crippen MR) is 84.3 cm³/mol. The van der Waals surface area contributed by atoms with Gasteiger partial charge in [-0.15, -0.1) is 0 Å². The molecule has 3 nitrogen and oxygen atoms in total. The number of rotatable bonds is 8. The van der Waals surface area contributed by atoms with Crippen LogP contribution in [0.4, 0.5) is 0 Å². The molecule has 0 bridgehead atoms. The lowest BCUT2D eigenvalue weighted by Gasteiger charge is -2.26. The zero-order chi connectivity index (χ0) is 14.6. The smallest absolute Gasteiger partial charge is 0.0558 e. The van der Waals surface area contributed by atoms with Crippen LogP contribution in [-0.4, -0.2) is 48.3 Å². The summed E-state index contributed by atoms with van der Waals surface area (Å²) < 4.78 is 0. The first-order chi connectivity index (χ1) is 9.53. The molecule has 1 aliphatic carbocycles. The fourth-order valence-electron chi connectivity index (χ4n) is 2.81. The van der Waals surface area contributed by atoms with Crippen molar-refractivity contribution in [1.82, 2.24) is 10.2 Å². The largest absolute Gasteiger partial charge is 0.395 e. The molecule has 4 heteroatoms. The van der Waals surface area contributed by atoms with E-state index >= 15 is 0 Å². The van der Waals surface area contributed by atoms with Gasteiger partial charge in [-0.25, -0.2) is 0 Å². The summed E-state index contributed by atoms with van der Waals surface area (Å²) in [6.45, 7) is 4.13. The van der Waals surface area contributed by atoms with Crippen LogP contribution in [0.3, 0.4) is 0 Å². The molecule has 0 radical (unpaired) electrons. The van der Waals surface area contributed by atoms with Gasteiger partial charge in [-0.05, 0) is 50.9 Å². The van der Waals surface area contributed by atoms with E-state index in [0.717, 1.165) is 24.5 Å². The second kappa shape index (κ2) is 6.90. The Bertz CT molecular complexity index is 417. The Morgan fingerprint density at radius 1 is 1.35 bits per heavy atom. The second-order valence-corrected chi connectivity index (χ2v) is 6.55. The first-order valence-corrected chi connectivity index (χ1v) is 7.72. The standard InChI is InChI=1S/C16H25ClN2O/c1-13(12-19(2)9-10-20)18-16(7-8-16)11-14-3-5-15(17)6-4-14/h3-6,13,18,20H,7-12H2,1-2H3/t13-/m1/s1. The molecule has 0 saturated heterocycles. The molecule has 2 N–H and O–H groups in total. The lowest BCUT2D eigenvalue weighted by molar-refractivity contribution is 0.206. The van der Waals surface area contributed by atoms with Gasteiger partial charge in [0.25, 0.3) is 0 Å². The maximum Gasteiger partial charge on any atom is 0.0558 e. The van der Waals surface area contributed by atoms with Crippen LogP contribution in [0.15, 0.2) is 24.3 Å². The van der Waals surface area contributed by atoms with E-state index in [2.05, 4.69) is 29.3 Å². The van der Waals surface area contributed by atoms with E-state index in [1.54, 1.807) is 0 Å². The van der Waals surface area contributed by atoms with Crippen molar-refractivity contribution < 1.29 is 5.11 Å². The van der Waals surface area contributed by atoms with Crippen LogP contribution in [0.1, 0.15) is 25.3 Å². The molecule has 0 spiro atoms. The highest BCUT2D eigenvalue weighted by Gasteiger charge is 2.43. The van der Waals surface area contributed by atoms with E-state index in [1.807, 2.05) is 19.2 Å². The van der Waals surface area contributed by atoms with Gasteiger partial charge >= 0.3 is 0 Å². The van der Waals surface area contributed by atoms with Crippen LogP contribution in [0.2, 0.25) is 5.02 Å². The normalized spacial score (nSPS) is 18.2. The Morgan fingerprint density at radius 2 is 2.00 bits per heavy atom. The number of benzene rings is 1. The Labute approximate surface area is 126 Å². The van der Waals surface area contributed by atoms with Crippen molar-refractivity contribution in [2.75, 3.05) is 26.7 Å². The molecular formula is C16H25ClN2O. The number of aliphatic hydroxyl groups is 1. The van der Waals surface area contributed by atoms with E-state index in [9.17, 15) is 0 Å². The van der Waals surface area contributed by atoms with Crippen LogP contribution in [0, 0.1) is 0 Å². The molecule has 1 aromatic carbocycles. The quantitative estimate of drug-likeness (QED) is 0.773. The Hall–Kier alpha value is -0.610. The number of nitrogens with zero attached hydrogens (tertiary/aromatic N) is 1. The highest BCUT2D eigenvalue weighted by molar-refractivity contribution is 6.30. The summed E-state index contributed by atoms with van der Waals surface area (Å²) in [6, 6.07) is 8.59. The van der Waals surface area contributed by atoms with E-state index in [4.69, 9.17) is 16.7 Å². The molecule has 20 heavy (non-hydrogen) atoms. The van der Waals surface area contributed by atoms with Crippen molar-refractivity contribution in [2.24, 2.45) is 0 Å². The minimum Gasteiger partial charge on any atom is -0.395 e. The molecule has 1 atom stereocenters. The van der Waals surface area contributed by atoms with E-state index in [-0.39, 0.29) is 12.1 Å². The molecule has 0 unspecified atom stereocenters. The van der Waals surface area contributed by atoms with E-state index in [1.165, 1.54) is 18.4 Å². The molecule has 0 aromatic heterocycles. The van der Waals surface area contributed by atoms with Crippen molar-refractivity contribution in [3.8, 4) is 0 Å². The third-order valence-corrected chi connectivity index (χ3v) is 4.18. The van der Waals surface area contributed by atoms with Gasteiger partial charge in [0.1, 0.15) is 0 Å². The first-order valence-electron chi connectivity index (χ1n) is 7.34. The lowest BCUT2D eigenvalue weighted by Crippen LogP contribution is -2.45. The highest BCUT2D eigenvalue weighted by atomic mass is 35.5. The third kappa shape index (κ3) is 4.74. The van der Waals surface area contributed by atoms with Crippen molar-refractivity contribution in [3.63, 3.8) is 0 Å². The molecular weight excluding hydrogens is 272 g/mol. The molecule has 0 heterocycles. The van der Waals surface area contributed by atoms with E-state index < -0.39 is 0 Å². The maximum absolute atomic E-state index is 8.94. The second-order valence-electron chi connectivity index (χ2n) is 6.11. The van der Waals surface area contributed by atoms with Crippen molar-refractivity contribution in [3.05, 3.63) is 34.9 Å². The van der Waals surface area contributed by atoms with Gasteiger partial charge in [-0.2, -0.15) is 0 Å². The number of nitrogens with one attached hydrogen (secondary N) is 1. The number of halogens is 1. The van der Waals surface area contributed by atoms with Gasteiger partial charge in [0.2, 0.25) is 0 Å². The minimum atomic E-state index is 0.221. The summed E-state index contributed by atoms with van der Waals surface area (Å²) in [5, 5.41) is 13.5. The Kier molecular flexibility index (Phi) is 5.44. The van der Waals surface area contributed by atoms with Crippen LogP contribution >= 0.6 is 11.6 Å². The summed E-state index contributed by atoms with van der Waals surface area (Å²) in [7, 11) is 2.05. The van der Waals surface area contributed by atoms with Gasteiger partial charge in [0.05, 0.1) is 6.61 Å². The number of hydrogen-bond acceptors (Lipinski definition) is 3. The summed E-state index contributed by atoms with van der Waals surface area (Å²) in [5.74, 6) is 0. The Balaban J connectivity index is 1.83. The van der Waals surface area contributed by atoms with E-state index in [0.29, 0.717) is 6.04 Å². The van der Waals surface area contributed by atoms with Gasteiger partial charge in [0, 0.05) is 29.7 Å². The van der Waals surface area contributed by atoms with Gasteiger partial charge in [0.15, 0.2) is 0 Å². The summed E-state index contributed by atoms with van der Waals surface area (Å²) >= 11 is 5.93. The highest BCUT2D eigenvalue weighted by Crippen LogP contribution is 2.39. The molecule has 1 fully saturated rings. The van der Waals surface area contributed by atoms with Gasteiger partial charge in [-0.1, -0.05) is 23.7 Å². The van der Waals surface area contributed by atoms with Crippen molar-refractivity contribution in [2.45, 2.75) is 37.8 Å². The average Bonchev–Trinajstić information content (AvgIpc) is 3.11. The topological polar surface area (TPSA) is 35.5 Å². The zero-order valence-electron chi connectivity index (χ0n) is 12.4. The van der Waals surface area contributed by atoms with Crippen molar-refractivity contribution in [1.29, 1.82) is 0 Å². The lowest BCUT2D eigenvalue weighted by atomic mass is 10.0. The molecule has 112 valence electrons. The predicted octanol–water partition coefficient (Wildman–Crippen LogP) is 2.32. The SMILES string of the molecule is C[C@H](CN(C)CCO)NC1(Cc2ccc(Cl)cc2)CC1. The molecule has 1 saturated carbocycles. The molecule has 1 aromatic rings. The summed E-state index contributed by atoms with van der Waals surface area (Å²) in [4.78, 5) is 2.16. The monoisotopic (exact) mass is 296 g/mol. The molecule has 0 aliphatic heterocycles. The Morgan fingerprint density at radius 3 is 2.55 bits per heavy atom. The minimum absolute atomic E-state index is 0.221. The van der Waals surface area contributed by atoms with Crippen molar-refractivity contribution >= 4 is 11.6 Å². The van der Waals surface area contributed by atoms with Crippen LogP contribution in [0.25, 0.3) is 0 Å². The maximum atomic E-state index is 8.94. The first kappa shape index (κ1) is 15.8. The third-order valence-electron chi connectivity index (χ3n) is 3.93. The summed E-state index contributed by atoms with van der Waals surface area (Å²) in [5.41, 5.74) is 1.61.